The average Bonchev–Trinajstić information content (AvgIpc) is 2.45. The van der Waals surface area contributed by atoms with Gasteiger partial charge in [-0.05, 0) is 51.8 Å². The van der Waals surface area contributed by atoms with Crippen LogP contribution in [0.25, 0.3) is 0 Å². The summed E-state index contributed by atoms with van der Waals surface area (Å²) in [4.78, 5) is 23.3. The van der Waals surface area contributed by atoms with Crippen molar-refractivity contribution in [2.45, 2.75) is 45.8 Å². The predicted octanol–water partition coefficient (Wildman–Crippen LogP) is 2.78. The van der Waals surface area contributed by atoms with Crippen LogP contribution in [0.1, 0.15) is 56.1 Å². The molecule has 23 heavy (non-hydrogen) atoms. The van der Waals surface area contributed by atoms with E-state index in [9.17, 15) is 9.59 Å². The third-order valence-corrected chi connectivity index (χ3v) is 2.95. The highest BCUT2D eigenvalue weighted by Crippen LogP contribution is 2.16. The number of hydrogen-bond donors (Lipinski definition) is 2. The van der Waals surface area contributed by atoms with Crippen LogP contribution >= 0.6 is 0 Å². The van der Waals surface area contributed by atoms with Crippen molar-refractivity contribution >= 4 is 12.1 Å². The Morgan fingerprint density at radius 1 is 1.30 bits per heavy atom. The first-order chi connectivity index (χ1) is 10.7. The number of carbonyl (C=O) groups excluding carboxylic acids is 2. The molecular weight excluding hydrogens is 296 g/mol. The molecule has 0 aromatic heterocycles. The second kappa shape index (κ2) is 8.53. The molecule has 6 heteroatoms. The molecule has 1 aromatic rings. The van der Waals surface area contributed by atoms with Crippen LogP contribution in [0.5, 0.6) is 0 Å². The summed E-state index contributed by atoms with van der Waals surface area (Å²) in [7, 11) is 0. The molecule has 0 aliphatic rings. The van der Waals surface area contributed by atoms with Gasteiger partial charge in [-0.25, -0.2) is 9.59 Å². The SMILES string of the molecule is CCOC(=O)c1cccc([C@H](N)CCNC(=O)OC(C)(C)C)c1. The lowest BCUT2D eigenvalue weighted by atomic mass is 10.0. The third kappa shape index (κ3) is 7.15. The molecular formula is C17H26N2O4. The number of rotatable bonds is 6. The van der Waals surface area contributed by atoms with E-state index in [1.54, 1.807) is 45.9 Å². The summed E-state index contributed by atoms with van der Waals surface area (Å²) < 4.78 is 10.1. The Hall–Kier alpha value is -2.08. The molecule has 6 nitrogen and oxygen atoms in total. The summed E-state index contributed by atoms with van der Waals surface area (Å²) in [6.07, 6.45) is 0.0656. The second-order valence-corrected chi connectivity index (χ2v) is 6.17. The number of alkyl carbamates (subject to hydrolysis) is 1. The summed E-state index contributed by atoms with van der Waals surface area (Å²) in [5.74, 6) is -0.367. The Morgan fingerprint density at radius 2 is 2.00 bits per heavy atom. The normalized spacial score (nSPS) is 12.4. The first-order valence-electron chi connectivity index (χ1n) is 7.72. The highest BCUT2D eigenvalue weighted by molar-refractivity contribution is 5.89. The predicted molar refractivity (Wildman–Crippen MR) is 88.2 cm³/mol. The number of hydrogen-bond acceptors (Lipinski definition) is 5. The molecule has 0 bridgehead atoms. The number of carbonyl (C=O) groups is 2. The van der Waals surface area contributed by atoms with Crippen molar-refractivity contribution < 1.29 is 19.1 Å². The molecule has 1 rings (SSSR count). The van der Waals surface area contributed by atoms with Crippen LogP contribution in [0.3, 0.4) is 0 Å². The maximum absolute atomic E-state index is 11.7. The van der Waals surface area contributed by atoms with Gasteiger partial charge in [0.2, 0.25) is 0 Å². The third-order valence-electron chi connectivity index (χ3n) is 2.95. The minimum Gasteiger partial charge on any atom is -0.462 e. The number of amides is 1. The molecule has 0 saturated heterocycles. The summed E-state index contributed by atoms with van der Waals surface area (Å²) in [6, 6.07) is 6.73. The highest BCUT2D eigenvalue weighted by atomic mass is 16.6. The van der Waals surface area contributed by atoms with Gasteiger partial charge in [0.15, 0.2) is 0 Å². The van der Waals surface area contributed by atoms with E-state index in [1.165, 1.54) is 0 Å². The lowest BCUT2D eigenvalue weighted by Crippen LogP contribution is -2.34. The molecule has 128 valence electrons. The van der Waals surface area contributed by atoms with Gasteiger partial charge >= 0.3 is 12.1 Å². The van der Waals surface area contributed by atoms with Crippen molar-refractivity contribution in [2.24, 2.45) is 5.73 Å². The molecule has 0 unspecified atom stereocenters. The Kier molecular flexibility index (Phi) is 7.03. The maximum atomic E-state index is 11.7. The van der Waals surface area contributed by atoms with Crippen LogP contribution in [0.4, 0.5) is 4.79 Å². The molecule has 0 fully saturated rings. The molecule has 3 N–H and O–H groups in total. The number of nitrogens with one attached hydrogen (secondary N) is 1. The van der Waals surface area contributed by atoms with E-state index >= 15 is 0 Å². The maximum Gasteiger partial charge on any atom is 0.407 e. The van der Waals surface area contributed by atoms with Gasteiger partial charge in [0.25, 0.3) is 0 Å². The number of ether oxygens (including phenoxy) is 2. The number of esters is 1. The Bertz CT molecular complexity index is 538. The van der Waals surface area contributed by atoms with Crippen LogP contribution in [0.15, 0.2) is 24.3 Å². The van der Waals surface area contributed by atoms with Crippen molar-refractivity contribution in [3.8, 4) is 0 Å². The topological polar surface area (TPSA) is 90.6 Å². The zero-order valence-electron chi connectivity index (χ0n) is 14.2. The van der Waals surface area contributed by atoms with Crippen molar-refractivity contribution in [1.29, 1.82) is 0 Å². The zero-order chi connectivity index (χ0) is 17.5. The first kappa shape index (κ1) is 19.0. The highest BCUT2D eigenvalue weighted by Gasteiger charge is 2.16. The molecule has 0 heterocycles. The Morgan fingerprint density at radius 3 is 2.61 bits per heavy atom. The number of benzene rings is 1. The van der Waals surface area contributed by atoms with Gasteiger partial charge in [-0.15, -0.1) is 0 Å². The smallest absolute Gasteiger partial charge is 0.407 e. The van der Waals surface area contributed by atoms with Crippen molar-refractivity contribution in [3.05, 3.63) is 35.4 Å². The van der Waals surface area contributed by atoms with Gasteiger partial charge in [0.05, 0.1) is 12.2 Å². The van der Waals surface area contributed by atoms with Gasteiger partial charge in [-0.1, -0.05) is 12.1 Å². The molecule has 0 aliphatic carbocycles. The van der Waals surface area contributed by atoms with Crippen molar-refractivity contribution in [2.75, 3.05) is 13.2 Å². The van der Waals surface area contributed by atoms with E-state index in [-0.39, 0.29) is 12.0 Å². The Labute approximate surface area is 137 Å². The van der Waals surface area contributed by atoms with E-state index in [2.05, 4.69) is 5.32 Å². The summed E-state index contributed by atoms with van der Waals surface area (Å²) in [5, 5.41) is 2.66. The van der Waals surface area contributed by atoms with Gasteiger partial charge in [0.1, 0.15) is 5.60 Å². The van der Waals surface area contributed by atoms with E-state index in [0.29, 0.717) is 25.1 Å². The first-order valence-corrected chi connectivity index (χ1v) is 7.72. The minimum absolute atomic E-state index is 0.292. The van der Waals surface area contributed by atoms with E-state index in [0.717, 1.165) is 5.56 Å². The van der Waals surface area contributed by atoms with Gasteiger partial charge in [-0.2, -0.15) is 0 Å². The fourth-order valence-electron chi connectivity index (χ4n) is 1.92. The van der Waals surface area contributed by atoms with Gasteiger partial charge in [0, 0.05) is 12.6 Å². The average molecular weight is 322 g/mol. The van der Waals surface area contributed by atoms with Gasteiger partial charge in [-0.3, -0.25) is 0 Å². The molecule has 0 saturated carbocycles. The lowest BCUT2D eigenvalue weighted by molar-refractivity contribution is 0.0516. The summed E-state index contributed by atoms with van der Waals surface area (Å²) in [6.45, 7) is 7.89. The fourth-order valence-corrected chi connectivity index (χ4v) is 1.92. The fraction of sp³-hybridized carbons (Fsp3) is 0.529. The molecule has 1 amide bonds. The van der Waals surface area contributed by atoms with Crippen LogP contribution < -0.4 is 11.1 Å². The van der Waals surface area contributed by atoms with E-state index in [1.807, 2.05) is 6.07 Å². The van der Waals surface area contributed by atoms with Crippen LogP contribution in [0.2, 0.25) is 0 Å². The van der Waals surface area contributed by atoms with Crippen LogP contribution in [-0.4, -0.2) is 30.8 Å². The molecule has 0 spiro atoms. The molecule has 0 radical (unpaired) electrons. The van der Waals surface area contributed by atoms with Crippen LogP contribution in [-0.2, 0) is 9.47 Å². The van der Waals surface area contributed by atoms with E-state index < -0.39 is 11.7 Å². The second-order valence-electron chi connectivity index (χ2n) is 6.17. The lowest BCUT2D eigenvalue weighted by Gasteiger charge is -2.20. The summed E-state index contributed by atoms with van der Waals surface area (Å²) in [5.41, 5.74) is 6.87. The molecule has 1 atom stereocenters. The molecule has 1 aromatic carbocycles. The zero-order valence-corrected chi connectivity index (χ0v) is 14.2. The minimum atomic E-state index is -0.528. The van der Waals surface area contributed by atoms with Crippen LogP contribution in [0, 0.1) is 0 Å². The molecule has 0 aliphatic heterocycles. The quantitative estimate of drug-likeness (QED) is 0.786. The van der Waals surface area contributed by atoms with E-state index in [4.69, 9.17) is 15.2 Å². The largest absolute Gasteiger partial charge is 0.462 e. The van der Waals surface area contributed by atoms with Gasteiger partial charge < -0.3 is 20.5 Å². The summed E-state index contributed by atoms with van der Waals surface area (Å²) >= 11 is 0. The monoisotopic (exact) mass is 322 g/mol. The number of nitrogens with two attached hydrogens (primary N) is 1. The standard InChI is InChI=1S/C17H26N2O4/c1-5-22-15(20)13-8-6-7-12(11-13)14(18)9-10-19-16(21)23-17(2,3)4/h6-8,11,14H,5,9-10,18H2,1-4H3,(H,19,21)/t14-/m1/s1. The Balaban J connectivity index is 2.52. The van der Waals surface area contributed by atoms with Crippen molar-refractivity contribution in [3.63, 3.8) is 0 Å². The van der Waals surface area contributed by atoms with Crippen molar-refractivity contribution in [1.82, 2.24) is 5.32 Å².